The van der Waals surface area contributed by atoms with Crippen molar-refractivity contribution in [1.82, 2.24) is 9.80 Å². The van der Waals surface area contributed by atoms with E-state index >= 15 is 0 Å². The Bertz CT molecular complexity index is 923. The molecule has 2 aromatic rings. The Morgan fingerprint density at radius 1 is 1.13 bits per heavy atom. The zero-order valence-corrected chi connectivity index (χ0v) is 16.8. The molecule has 1 aliphatic rings. The van der Waals surface area contributed by atoms with Crippen LogP contribution in [0.3, 0.4) is 0 Å². The highest BCUT2D eigenvalue weighted by atomic mass is 19.1. The number of ether oxygens (including phenoxy) is 1. The van der Waals surface area contributed by atoms with Crippen molar-refractivity contribution in [2.45, 2.75) is 32.5 Å². The second-order valence-corrected chi connectivity index (χ2v) is 7.46. The van der Waals surface area contributed by atoms with E-state index in [-0.39, 0.29) is 41.9 Å². The summed E-state index contributed by atoms with van der Waals surface area (Å²) in [5.74, 6) is -1.65. The third-order valence-corrected chi connectivity index (χ3v) is 5.21. The normalized spacial score (nSPS) is 19.5. The summed E-state index contributed by atoms with van der Waals surface area (Å²) in [6.07, 6.45) is 0. The first-order valence-corrected chi connectivity index (χ1v) is 9.59. The quantitative estimate of drug-likeness (QED) is 0.530. The summed E-state index contributed by atoms with van der Waals surface area (Å²) in [5, 5.41) is 10.7. The fraction of sp³-hybridized carbons (Fsp3) is 0.381. The molecular formula is C21H23F2N3O4. The van der Waals surface area contributed by atoms with Crippen molar-refractivity contribution in [1.29, 1.82) is 0 Å². The Labute approximate surface area is 173 Å². The lowest BCUT2D eigenvalue weighted by Crippen LogP contribution is -2.58. The van der Waals surface area contributed by atoms with Crippen molar-refractivity contribution in [3.05, 3.63) is 69.8 Å². The summed E-state index contributed by atoms with van der Waals surface area (Å²) in [7, 11) is 0. The minimum absolute atomic E-state index is 0.0753. The van der Waals surface area contributed by atoms with E-state index in [0.717, 1.165) is 23.8 Å². The van der Waals surface area contributed by atoms with Crippen molar-refractivity contribution in [2.24, 2.45) is 0 Å². The monoisotopic (exact) mass is 419 g/mol. The third-order valence-electron chi connectivity index (χ3n) is 5.21. The number of benzene rings is 2. The highest BCUT2D eigenvalue weighted by Crippen LogP contribution is 2.23. The molecule has 30 heavy (non-hydrogen) atoms. The van der Waals surface area contributed by atoms with E-state index < -0.39 is 10.7 Å². The van der Waals surface area contributed by atoms with E-state index in [1.165, 1.54) is 12.1 Å². The fourth-order valence-electron chi connectivity index (χ4n) is 3.53. The van der Waals surface area contributed by atoms with Gasteiger partial charge < -0.3 is 9.64 Å². The summed E-state index contributed by atoms with van der Waals surface area (Å²) in [6, 6.07) is 9.38. The lowest BCUT2D eigenvalue weighted by molar-refractivity contribution is -0.385. The number of hydrogen-bond acceptors (Lipinski definition) is 5. The van der Waals surface area contributed by atoms with Crippen molar-refractivity contribution in [2.75, 3.05) is 19.7 Å². The molecule has 160 valence electrons. The average Bonchev–Trinajstić information content (AvgIpc) is 2.70. The maximum absolute atomic E-state index is 13.9. The molecule has 0 bridgehead atoms. The van der Waals surface area contributed by atoms with E-state index in [0.29, 0.717) is 19.6 Å². The number of nitro groups is 1. The van der Waals surface area contributed by atoms with Crippen LogP contribution in [-0.4, -0.2) is 52.4 Å². The first-order valence-electron chi connectivity index (χ1n) is 9.59. The van der Waals surface area contributed by atoms with Gasteiger partial charge in [-0.25, -0.2) is 8.78 Å². The number of amides is 1. The van der Waals surface area contributed by atoms with Crippen molar-refractivity contribution in [3.63, 3.8) is 0 Å². The standard InChI is InChI=1S/C21H23F2N3O4/c1-14-11-25(15(2)10-24(14)12-16-3-5-17(22)6-4-16)21(27)13-30-20-8-7-18(26(28)29)9-19(20)23/h3-9,14-15H,10-13H2,1-2H3. The smallest absolute Gasteiger partial charge is 0.272 e. The zero-order chi connectivity index (χ0) is 21.8. The van der Waals surface area contributed by atoms with Gasteiger partial charge in [0, 0.05) is 37.8 Å². The Kier molecular flexibility index (Phi) is 6.61. The van der Waals surface area contributed by atoms with Crippen LogP contribution in [0.4, 0.5) is 14.5 Å². The van der Waals surface area contributed by atoms with Crippen LogP contribution in [0.15, 0.2) is 42.5 Å². The van der Waals surface area contributed by atoms with Gasteiger partial charge in [0.05, 0.1) is 11.0 Å². The maximum Gasteiger partial charge on any atom is 0.272 e. The Balaban J connectivity index is 1.57. The van der Waals surface area contributed by atoms with Gasteiger partial charge in [0.2, 0.25) is 0 Å². The second-order valence-electron chi connectivity index (χ2n) is 7.46. The van der Waals surface area contributed by atoms with Crippen LogP contribution in [0.25, 0.3) is 0 Å². The largest absolute Gasteiger partial charge is 0.481 e. The SMILES string of the molecule is CC1CN(C(=O)COc2ccc([N+](=O)[O-])cc2F)C(C)CN1Cc1ccc(F)cc1. The third kappa shape index (κ3) is 5.10. The van der Waals surface area contributed by atoms with Crippen LogP contribution in [0.5, 0.6) is 5.75 Å². The molecule has 0 spiro atoms. The van der Waals surface area contributed by atoms with Gasteiger partial charge in [0.15, 0.2) is 18.2 Å². The molecule has 1 amide bonds. The molecule has 0 radical (unpaired) electrons. The number of hydrogen-bond donors (Lipinski definition) is 0. The molecule has 9 heteroatoms. The minimum Gasteiger partial charge on any atom is -0.481 e. The van der Waals surface area contributed by atoms with Crippen LogP contribution in [0.2, 0.25) is 0 Å². The predicted molar refractivity (Wildman–Crippen MR) is 106 cm³/mol. The molecule has 0 aliphatic carbocycles. The average molecular weight is 419 g/mol. The molecule has 1 fully saturated rings. The first kappa shape index (κ1) is 21.6. The zero-order valence-electron chi connectivity index (χ0n) is 16.8. The van der Waals surface area contributed by atoms with Gasteiger partial charge in [-0.15, -0.1) is 0 Å². The summed E-state index contributed by atoms with van der Waals surface area (Å²) in [4.78, 5) is 26.5. The minimum atomic E-state index is -0.887. The fourth-order valence-corrected chi connectivity index (χ4v) is 3.53. The molecule has 2 unspecified atom stereocenters. The van der Waals surface area contributed by atoms with Crippen LogP contribution in [0.1, 0.15) is 19.4 Å². The number of nitro benzene ring substituents is 1. The highest BCUT2D eigenvalue weighted by molar-refractivity contribution is 5.78. The van der Waals surface area contributed by atoms with E-state index in [9.17, 15) is 23.7 Å². The number of rotatable bonds is 6. The molecule has 1 heterocycles. The topological polar surface area (TPSA) is 75.9 Å². The van der Waals surface area contributed by atoms with Crippen molar-refractivity contribution >= 4 is 11.6 Å². The van der Waals surface area contributed by atoms with Gasteiger partial charge >= 0.3 is 0 Å². The molecule has 1 saturated heterocycles. The maximum atomic E-state index is 13.9. The number of piperazine rings is 1. The van der Waals surface area contributed by atoms with Crippen molar-refractivity contribution < 1.29 is 23.2 Å². The van der Waals surface area contributed by atoms with Gasteiger partial charge in [-0.2, -0.15) is 0 Å². The molecule has 2 aromatic carbocycles. The van der Waals surface area contributed by atoms with E-state index in [4.69, 9.17) is 4.74 Å². The van der Waals surface area contributed by atoms with Crippen LogP contribution in [-0.2, 0) is 11.3 Å². The number of halogens is 2. The van der Waals surface area contributed by atoms with E-state index in [2.05, 4.69) is 4.90 Å². The number of non-ortho nitro benzene ring substituents is 1. The van der Waals surface area contributed by atoms with E-state index in [1.54, 1.807) is 17.0 Å². The van der Waals surface area contributed by atoms with Crippen molar-refractivity contribution in [3.8, 4) is 5.75 Å². The van der Waals surface area contributed by atoms with Crippen LogP contribution in [0, 0.1) is 21.7 Å². The van der Waals surface area contributed by atoms with Crippen LogP contribution < -0.4 is 4.74 Å². The summed E-state index contributed by atoms with van der Waals surface area (Å²) in [6.45, 7) is 5.34. The first-order chi connectivity index (χ1) is 14.2. The van der Waals surface area contributed by atoms with Crippen LogP contribution >= 0.6 is 0 Å². The molecular weight excluding hydrogens is 396 g/mol. The van der Waals surface area contributed by atoms with Gasteiger partial charge in [-0.05, 0) is 37.6 Å². The van der Waals surface area contributed by atoms with Gasteiger partial charge in [0.25, 0.3) is 11.6 Å². The highest BCUT2D eigenvalue weighted by Gasteiger charge is 2.32. The number of nitrogens with zero attached hydrogens (tertiary/aromatic N) is 3. The predicted octanol–water partition coefficient (Wildman–Crippen LogP) is 3.37. The lowest BCUT2D eigenvalue weighted by Gasteiger charge is -2.44. The van der Waals surface area contributed by atoms with E-state index in [1.807, 2.05) is 13.8 Å². The Morgan fingerprint density at radius 2 is 1.83 bits per heavy atom. The summed E-state index contributed by atoms with van der Waals surface area (Å²) >= 11 is 0. The van der Waals surface area contributed by atoms with Gasteiger partial charge in [0.1, 0.15) is 5.82 Å². The number of carbonyl (C=O) groups is 1. The molecule has 3 rings (SSSR count). The Morgan fingerprint density at radius 3 is 2.47 bits per heavy atom. The molecule has 1 aliphatic heterocycles. The molecule has 0 aromatic heterocycles. The van der Waals surface area contributed by atoms with Gasteiger partial charge in [-0.3, -0.25) is 19.8 Å². The molecule has 0 N–H and O–H groups in total. The Hall–Kier alpha value is -3.07. The molecule has 7 nitrogen and oxygen atoms in total. The lowest BCUT2D eigenvalue weighted by atomic mass is 10.1. The molecule has 2 atom stereocenters. The second kappa shape index (κ2) is 9.17. The van der Waals surface area contributed by atoms with Gasteiger partial charge in [-0.1, -0.05) is 12.1 Å². The number of carbonyl (C=O) groups excluding carboxylic acids is 1. The summed E-state index contributed by atoms with van der Waals surface area (Å²) in [5.41, 5.74) is 0.609. The molecule has 0 saturated carbocycles. The summed E-state index contributed by atoms with van der Waals surface area (Å²) < 4.78 is 32.3.